The van der Waals surface area contributed by atoms with Gasteiger partial charge >= 0.3 is 0 Å². The molecule has 17 heavy (non-hydrogen) atoms. The van der Waals surface area contributed by atoms with Gasteiger partial charge in [-0.05, 0) is 53.4 Å². The lowest BCUT2D eigenvalue weighted by atomic mass is 10.0. The molecule has 1 N–H and O–H groups in total. The molecule has 1 aromatic heterocycles. The number of hydrogen-bond donors (Lipinski definition) is 1. The van der Waals surface area contributed by atoms with Gasteiger partial charge in [0.05, 0.1) is 14.7 Å². The van der Waals surface area contributed by atoms with Crippen molar-refractivity contribution in [3.05, 3.63) is 53.7 Å². The molecule has 0 radical (unpaired) electrons. The molecule has 1 nitrogen and oxygen atoms in total. The van der Waals surface area contributed by atoms with Gasteiger partial charge in [0.1, 0.15) is 0 Å². The van der Waals surface area contributed by atoms with E-state index < -0.39 is 0 Å². The van der Waals surface area contributed by atoms with Crippen LogP contribution in [0.3, 0.4) is 0 Å². The van der Waals surface area contributed by atoms with E-state index in [9.17, 15) is 0 Å². The van der Waals surface area contributed by atoms with E-state index in [1.807, 2.05) is 19.2 Å². The van der Waals surface area contributed by atoms with Gasteiger partial charge in [-0.1, -0.05) is 35.3 Å². The fourth-order valence-corrected chi connectivity index (χ4v) is 3.84. The summed E-state index contributed by atoms with van der Waals surface area (Å²) in [4.78, 5) is 0. The summed E-state index contributed by atoms with van der Waals surface area (Å²) >= 11 is 15.9. The first-order valence-electron chi connectivity index (χ1n) is 4.99. The number of thiophene rings is 1. The van der Waals surface area contributed by atoms with Crippen molar-refractivity contribution in [2.45, 2.75) is 6.04 Å². The standard InChI is InChI=1S/C12H10Cl2INS/c1-16-11(7-3-2-4-8(15)5-7)9-6-10(13)17-12(9)14/h2-6,11,16H,1H3. The zero-order valence-electron chi connectivity index (χ0n) is 9.01. The van der Waals surface area contributed by atoms with Crippen LogP contribution in [0.4, 0.5) is 0 Å². The topological polar surface area (TPSA) is 12.0 Å². The molecule has 0 aliphatic carbocycles. The third-order valence-electron chi connectivity index (χ3n) is 2.46. The SMILES string of the molecule is CNC(c1cccc(I)c1)c1cc(Cl)sc1Cl. The quantitative estimate of drug-likeness (QED) is 0.721. The molecule has 1 heterocycles. The Balaban J connectivity index is 2.43. The Hall–Kier alpha value is 0.190. The summed E-state index contributed by atoms with van der Waals surface area (Å²) in [7, 11) is 1.92. The van der Waals surface area contributed by atoms with E-state index in [1.54, 1.807) is 0 Å². The average molecular weight is 398 g/mol. The summed E-state index contributed by atoms with van der Waals surface area (Å²) in [5.74, 6) is 0. The number of nitrogens with one attached hydrogen (secondary N) is 1. The van der Waals surface area contributed by atoms with Gasteiger partial charge in [-0.2, -0.15) is 0 Å². The molecule has 2 aromatic rings. The Morgan fingerprint density at radius 3 is 2.59 bits per heavy atom. The van der Waals surface area contributed by atoms with Gasteiger partial charge in [-0.15, -0.1) is 11.3 Å². The summed E-state index contributed by atoms with van der Waals surface area (Å²) in [6.07, 6.45) is 0. The molecule has 0 aliphatic rings. The number of hydrogen-bond acceptors (Lipinski definition) is 2. The highest BCUT2D eigenvalue weighted by Gasteiger charge is 2.17. The van der Waals surface area contributed by atoms with E-state index >= 15 is 0 Å². The molecule has 0 fully saturated rings. The summed E-state index contributed by atoms with van der Waals surface area (Å²) in [6.45, 7) is 0. The molecule has 0 aliphatic heterocycles. The monoisotopic (exact) mass is 397 g/mol. The van der Waals surface area contributed by atoms with Crippen LogP contribution in [-0.4, -0.2) is 7.05 Å². The first kappa shape index (κ1) is 13.6. The van der Waals surface area contributed by atoms with Gasteiger partial charge in [0.25, 0.3) is 0 Å². The molecular weight excluding hydrogens is 388 g/mol. The van der Waals surface area contributed by atoms with E-state index in [0.29, 0.717) is 0 Å². The Labute approximate surface area is 128 Å². The normalized spacial score (nSPS) is 12.7. The first-order chi connectivity index (χ1) is 8.11. The van der Waals surface area contributed by atoms with Crippen LogP contribution >= 0.6 is 57.1 Å². The predicted octanol–water partition coefficient (Wildman–Crippen LogP) is 4.97. The minimum atomic E-state index is 0.0842. The molecule has 1 aromatic carbocycles. The van der Waals surface area contributed by atoms with Gasteiger partial charge in [-0.25, -0.2) is 0 Å². The lowest BCUT2D eigenvalue weighted by Crippen LogP contribution is -2.17. The molecule has 0 bridgehead atoms. The molecule has 1 unspecified atom stereocenters. The zero-order valence-corrected chi connectivity index (χ0v) is 13.5. The van der Waals surface area contributed by atoms with Crippen LogP contribution in [-0.2, 0) is 0 Å². The lowest BCUT2D eigenvalue weighted by molar-refractivity contribution is 0.694. The van der Waals surface area contributed by atoms with Crippen molar-refractivity contribution in [2.75, 3.05) is 7.05 Å². The zero-order chi connectivity index (χ0) is 12.4. The van der Waals surface area contributed by atoms with Gasteiger partial charge < -0.3 is 5.32 Å². The van der Waals surface area contributed by atoms with Crippen LogP contribution in [0.2, 0.25) is 8.67 Å². The van der Waals surface area contributed by atoms with Crippen molar-refractivity contribution in [3.63, 3.8) is 0 Å². The van der Waals surface area contributed by atoms with E-state index in [4.69, 9.17) is 23.2 Å². The molecule has 0 spiro atoms. The van der Waals surface area contributed by atoms with Gasteiger partial charge in [0, 0.05) is 9.13 Å². The second-order valence-corrected chi connectivity index (χ2v) is 7.09. The van der Waals surface area contributed by atoms with Crippen LogP contribution in [0.15, 0.2) is 30.3 Å². The van der Waals surface area contributed by atoms with Gasteiger partial charge in [0.15, 0.2) is 0 Å². The highest BCUT2D eigenvalue weighted by Crippen LogP contribution is 2.37. The molecule has 5 heteroatoms. The predicted molar refractivity (Wildman–Crippen MR) is 84.4 cm³/mol. The maximum absolute atomic E-state index is 6.20. The van der Waals surface area contributed by atoms with Crippen molar-refractivity contribution < 1.29 is 0 Å². The van der Waals surface area contributed by atoms with Crippen LogP contribution in [0.25, 0.3) is 0 Å². The highest BCUT2D eigenvalue weighted by molar-refractivity contribution is 14.1. The van der Waals surface area contributed by atoms with Crippen LogP contribution in [0.5, 0.6) is 0 Å². The number of benzene rings is 1. The van der Waals surface area contributed by atoms with Crippen molar-refractivity contribution >= 4 is 57.1 Å². The average Bonchev–Trinajstić information content (AvgIpc) is 2.59. The van der Waals surface area contributed by atoms with Crippen molar-refractivity contribution in [3.8, 4) is 0 Å². The Kier molecular flexibility index (Phi) is 4.72. The largest absolute Gasteiger partial charge is 0.309 e. The second kappa shape index (κ2) is 5.89. The van der Waals surface area contributed by atoms with Crippen molar-refractivity contribution in [1.82, 2.24) is 5.32 Å². The summed E-state index contributed by atoms with van der Waals surface area (Å²) in [6, 6.07) is 10.4. The summed E-state index contributed by atoms with van der Waals surface area (Å²) in [5, 5.41) is 3.28. The summed E-state index contributed by atoms with van der Waals surface area (Å²) < 4.78 is 2.67. The fraction of sp³-hybridized carbons (Fsp3) is 0.167. The molecular formula is C12H10Cl2INS. The minimum absolute atomic E-state index is 0.0842. The van der Waals surface area contributed by atoms with Crippen LogP contribution < -0.4 is 5.32 Å². The van der Waals surface area contributed by atoms with E-state index in [1.165, 1.54) is 20.5 Å². The van der Waals surface area contributed by atoms with E-state index in [2.05, 4.69) is 46.1 Å². The maximum Gasteiger partial charge on any atom is 0.0995 e. The second-order valence-electron chi connectivity index (χ2n) is 3.56. The van der Waals surface area contributed by atoms with Crippen LogP contribution in [0, 0.1) is 3.57 Å². The Bertz CT molecular complexity index is 527. The molecule has 0 amide bonds. The fourth-order valence-electron chi connectivity index (χ4n) is 1.74. The smallest absolute Gasteiger partial charge is 0.0995 e. The molecule has 0 saturated carbocycles. The molecule has 0 saturated heterocycles. The Morgan fingerprint density at radius 2 is 2.06 bits per heavy atom. The van der Waals surface area contributed by atoms with E-state index in [-0.39, 0.29) is 6.04 Å². The number of rotatable bonds is 3. The third-order valence-corrected chi connectivity index (χ3v) is 4.65. The lowest BCUT2D eigenvalue weighted by Gasteiger charge is -2.16. The van der Waals surface area contributed by atoms with Crippen molar-refractivity contribution in [1.29, 1.82) is 0 Å². The van der Waals surface area contributed by atoms with Crippen LogP contribution in [0.1, 0.15) is 17.2 Å². The molecule has 90 valence electrons. The molecule has 2 rings (SSSR count). The van der Waals surface area contributed by atoms with Crippen molar-refractivity contribution in [2.24, 2.45) is 0 Å². The number of halogens is 3. The first-order valence-corrected chi connectivity index (χ1v) is 7.64. The third kappa shape index (κ3) is 3.15. The Morgan fingerprint density at radius 1 is 1.29 bits per heavy atom. The summed E-state index contributed by atoms with van der Waals surface area (Å²) in [5.41, 5.74) is 2.22. The van der Waals surface area contributed by atoms with Gasteiger partial charge in [-0.3, -0.25) is 0 Å². The van der Waals surface area contributed by atoms with E-state index in [0.717, 1.165) is 14.2 Å². The molecule has 1 atom stereocenters. The van der Waals surface area contributed by atoms with Gasteiger partial charge in [0.2, 0.25) is 0 Å². The maximum atomic E-state index is 6.20. The highest BCUT2D eigenvalue weighted by atomic mass is 127. The minimum Gasteiger partial charge on any atom is -0.309 e.